The van der Waals surface area contributed by atoms with Crippen LogP contribution in [0.15, 0.2) is 42.0 Å². The van der Waals surface area contributed by atoms with Crippen molar-refractivity contribution in [3.63, 3.8) is 0 Å². The summed E-state index contributed by atoms with van der Waals surface area (Å²) in [5, 5.41) is 3.55. The number of nitrogens with one attached hydrogen (secondary N) is 1. The number of hydrogen-bond acceptors (Lipinski definition) is 2. The van der Waals surface area contributed by atoms with Crippen LogP contribution in [0.1, 0.15) is 32.8 Å². The molecule has 0 saturated heterocycles. The second-order valence-electron chi connectivity index (χ2n) is 5.57. The summed E-state index contributed by atoms with van der Waals surface area (Å²) in [5.41, 5.74) is 2.82. The molecule has 1 rings (SSSR count). The number of allylic oxidation sites excluding steroid dienone is 1. The van der Waals surface area contributed by atoms with E-state index in [1.165, 1.54) is 24.1 Å². The van der Waals surface area contributed by atoms with E-state index >= 15 is 0 Å². The topological polar surface area (TPSA) is 15.3 Å². The minimum absolute atomic E-state index is 1.06. The van der Waals surface area contributed by atoms with E-state index in [1.807, 2.05) is 0 Å². The van der Waals surface area contributed by atoms with Crippen LogP contribution in [0.4, 0.5) is 0 Å². The molecule has 0 aliphatic rings. The highest BCUT2D eigenvalue weighted by atomic mass is 15.1. The highest BCUT2D eigenvalue weighted by Gasteiger charge is 2.01. The quantitative estimate of drug-likeness (QED) is 0.519. The van der Waals surface area contributed by atoms with Crippen molar-refractivity contribution < 1.29 is 0 Å². The van der Waals surface area contributed by atoms with E-state index < -0.39 is 0 Å². The van der Waals surface area contributed by atoms with Gasteiger partial charge in [-0.25, -0.2) is 0 Å². The largest absolute Gasteiger partial charge is 0.315 e. The van der Waals surface area contributed by atoms with Gasteiger partial charge in [0.1, 0.15) is 0 Å². The lowest BCUT2D eigenvalue weighted by Gasteiger charge is -2.20. The maximum Gasteiger partial charge on any atom is 0.0166 e. The number of rotatable bonds is 10. The van der Waals surface area contributed by atoms with Crippen molar-refractivity contribution in [3.8, 4) is 0 Å². The summed E-state index contributed by atoms with van der Waals surface area (Å²) >= 11 is 0. The zero-order valence-corrected chi connectivity index (χ0v) is 13.4. The van der Waals surface area contributed by atoms with E-state index in [2.05, 4.69) is 67.4 Å². The standard InChI is InChI=1S/C18H30N2/c1-4-14-20(15-11-17(2)3)16-13-19-12-10-18-8-6-5-7-9-18/h5-9,11,19H,4,10,12-16H2,1-3H3. The molecule has 1 aromatic carbocycles. The van der Waals surface area contributed by atoms with Crippen LogP contribution in [0.3, 0.4) is 0 Å². The highest BCUT2D eigenvalue weighted by molar-refractivity contribution is 5.14. The van der Waals surface area contributed by atoms with Gasteiger partial charge in [0.2, 0.25) is 0 Å². The minimum Gasteiger partial charge on any atom is -0.315 e. The van der Waals surface area contributed by atoms with Gasteiger partial charge in [-0.15, -0.1) is 0 Å². The molecule has 0 unspecified atom stereocenters. The Labute approximate surface area is 124 Å². The normalized spacial score (nSPS) is 10.8. The Morgan fingerprint density at radius 3 is 2.50 bits per heavy atom. The third kappa shape index (κ3) is 8.13. The van der Waals surface area contributed by atoms with Gasteiger partial charge in [-0.05, 0) is 45.3 Å². The lowest BCUT2D eigenvalue weighted by molar-refractivity contribution is 0.301. The molecule has 2 nitrogen and oxygen atoms in total. The van der Waals surface area contributed by atoms with Gasteiger partial charge in [-0.3, -0.25) is 4.90 Å². The Kier molecular flexibility index (Phi) is 9.01. The van der Waals surface area contributed by atoms with Crippen molar-refractivity contribution in [1.29, 1.82) is 0 Å². The summed E-state index contributed by atoms with van der Waals surface area (Å²) in [6.45, 7) is 12.1. The molecule has 0 bridgehead atoms. The molecule has 112 valence electrons. The van der Waals surface area contributed by atoms with Crippen LogP contribution in [0.5, 0.6) is 0 Å². The first-order valence-corrected chi connectivity index (χ1v) is 7.82. The van der Waals surface area contributed by atoms with Crippen LogP contribution < -0.4 is 5.32 Å². The van der Waals surface area contributed by atoms with Crippen molar-refractivity contribution in [3.05, 3.63) is 47.5 Å². The first-order chi connectivity index (χ1) is 9.72. The second-order valence-corrected chi connectivity index (χ2v) is 5.57. The first-order valence-electron chi connectivity index (χ1n) is 7.82. The molecule has 0 aliphatic heterocycles. The summed E-state index contributed by atoms with van der Waals surface area (Å²) in [7, 11) is 0. The summed E-state index contributed by atoms with van der Waals surface area (Å²) in [4.78, 5) is 2.52. The molecule has 0 amide bonds. The summed E-state index contributed by atoms with van der Waals surface area (Å²) < 4.78 is 0. The molecule has 0 fully saturated rings. The van der Waals surface area contributed by atoms with Crippen molar-refractivity contribution in [2.75, 3.05) is 32.7 Å². The van der Waals surface area contributed by atoms with Gasteiger partial charge < -0.3 is 5.32 Å². The lowest BCUT2D eigenvalue weighted by Crippen LogP contribution is -2.33. The Balaban J connectivity index is 2.15. The molecular formula is C18H30N2. The Bertz CT molecular complexity index is 366. The molecule has 1 N–H and O–H groups in total. The van der Waals surface area contributed by atoms with E-state index in [0.29, 0.717) is 0 Å². The van der Waals surface area contributed by atoms with Crippen molar-refractivity contribution in [2.45, 2.75) is 33.6 Å². The highest BCUT2D eigenvalue weighted by Crippen LogP contribution is 1.98. The van der Waals surface area contributed by atoms with Gasteiger partial charge in [-0.1, -0.05) is 48.9 Å². The van der Waals surface area contributed by atoms with E-state index in [1.54, 1.807) is 0 Å². The molecular weight excluding hydrogens is 244 g/mol. The first kappa shape index (κ1) is 16.9. The van der Waals surface area contributed by atoms with E-state index in [-0.39, 0.29) is 0 Å². The maximum absolute atomic E-state index is 3.55. The molecule has 0 aliphatic carbocycles. The number of nitrogens with zero attached hydrogens (tertiary/aromatic N) is 1. The van der Waals surface area contributed by atoms with Crippen molar-refractivity contribution in [1.82, 2.24) is 10.2 Å². The van der Waals surface area contributed by atoms with Crippen LogP contribution in [0.2, 0.25) is 0 Å². The van der Waals surface area contributed by atoms with Gasteiger partial charge in [-0.2, -0.15) is 0 Å². The molecule has 0 heterocycles. The van der Waals surface area contributed by atoms with E-state index in [9.17, 15) is 0 Å². The van der Waals surface area contributed by atoms with Gasteiger partial charge in [0, 0.05) is 19.6 Å². The predicted octanol–water partition coefficient (Wildman–Crippen LogP) is 3.50. The fraction of sp³-hybridized carbons (Fsp3) is 0.556. The Morgan fingerprint density at radius 2 is 1.85 bits per heavy atom. The van der Waals surface area contributed by atoms with Crippen LogP contribution in [-0.4, -0.2) is 37.6 Å². The number of benzene rings is 1. The van der Waals surface area contributed by atoms with E-state index in [0.717, 1.165) is 32.6 Å². The Morgan fingerprint density at radius 1 is 1.10 bits per heavy atom. The fourth-order valence-electron chi connectivity index (χ4n) is 2.16. The van der Waals surface area contributed by atoms with Crippen molar-refractivity contribution in [2.24, 2.45) is 0 Å². The SMILES string of the molecule is CCCN(CC=C(C)C)CCNCCc1ccccc1. The molecule has 1 aromatic rings. The van der Waals surface area contributed by atoms with E-state index in [4.69, 9.17) is 0 Å². The molecule has 20 heavy (non-hydrogen) atoms. The molecule has 0 radical (unpaired) electrons. The zero-order chi connectivity index (χ0) is 14.6. The smallest absolute Gasteiger partial charge is 0.0166 e. The van der Waals surface area contributed by atoms with Crippen molar-refractivity contribution >= 4 is 0 Å². The fourth-order valence-corrected chi connectivity index (χ4v) is 2.16. The van der Waals surface area contributed by atoms with Crippen LogP contribution in [-0.2, 0) is 6.42 Å². The average Bonchev–Trinajstić information content (AvgIpc) is 2.45. The summed E-state index contributed by atoms with van der Waals surface area (Å²) in [6.07, 6.45) is 4.66. The van der Waals surface area contributed by atoms with Crippen LogP contribution >= 0.6 is 0 Å². The summed E-state index contributed by atoms with van der Waals surface area (Å²) in [6, 6.07) is 10.7. The zero-order valence-electron chi connectivity index (χ0n) is 13.4. The molecule has 2 heteroatoms. The second kappa shape index (κ2) is 10.6. The lowest BCUT2D eigenvalue weighted by atomic mass is 10.1. The monoisotopic (exact) mass is 274 g/mol. The number of hydrogen-bond donors (Lipinski definition) is 1. The summed E-state index contributed by atoms with van der Waals surface area (Å²) in [5.74, 6) is 0. The molecule has 0 atom stereocenters. The van der Waals surface area contributed by atoms with Gasteiger partial charge >= 0.3 is 0 Å². The molecule has 0 spiro atoms. The van der Waals surface area contributed by atoms with Gasteiger partial charge in [0.05, 0.1) is 0 Å². The van der Waals surface area contributed by atoms with Gasteiger partial charge in [0.25, 0.3) is 0 Å². The van der Waals surface area contributed by atoms with Crippen LogP contribution in [0.25, 0.3) is 0 Å². The molecule has 0 saturated carbocycles. The Hall–Kier alpha value is -1.12. The maximum atomic E-state index is 3.55. The third-order valence-corrected chi connectivity index (χ3v) is 3.34. The predicted molar refractivity (Wildman–Crippen MR) is 89.2 cm³/mol. The minimum atomic E-state index is 1.06. The molecule has 0 aromatic heterocycles. The third-order valence-electron chi connectivity index (χ3n) is 3.34. The van der Waals surface area contributed by atoms with Crippen LogP contribution in [0, 0.1) is 0 Å². The van der Waals surface area contributed by atoms with Gasteiger partial charge in [0.15, 0.2) is 0 Å². The average molecular weight is 274 g/mol.